The topological polar surface area (TPSA) is 59.1 Å². The fourth-order valence-electron chi connectivity index (χ4n) is 1.45. The Morgan fingerprint density at radius 2 is 2.11 bits per heavy atom. The van der Waals surface area contributed by atoms with Crippen LogP contribution in [0.5, 0.6) is 0 Å². The van der Waals surface area contributed by atoms with Crippen molar-refractivity contribution in [2.24, 2.45) is 0 Å². The molecule has 0 amide bonds. The smallest absolute Gasteiger partial charge is 0.242 e. The lowest BCUT2D eigenvalue weighted by molar-refractivity contribution is 0.580. The number of hydrogen-bond acceptors (Lipinski definition) is 3. The summed E-state index contributed by atoms with van der Waals surface area (Å²) >= 11 is 5.72. The van der Waals surface area contributed by atoms with Crippen LogP contribution in [-0.2, 0) is 16.6 Å². The average Bonchev–Trinajstić information content (AvgIpc) is 2.37. The molecule has 0 aliphatic rings. The summed E-state index contributed by atoms with van der Waals surface area (Å²) in [5.41, 5.74) is 0.712. The third-order valence-electron chi connectivity index (χ3n) is 2.37. The summed E-state index contributed by atoms with van der Waals surface area (Å²) in [6.45, 7) is 0.0872. The van der Waals surface area contributed by atoms with E-state index in [0.29, 0.717) is 5.56 Å². The standard InChI is InChI=1S/C12H10ClFN2O2S/c13-11-6-10(14)3-4-12(11)19(17,18)16-8-9-2-1-5-15-7-9/h1-7,16H,8H2. The minimum atomic E-state index is -3.78. The largest absolute Gasteiger partial charge is 0.264 e. The average molecular weight is 301 g/mol. The Balaban J connectivity index is 2.19. The van der Waals surface area contributed by atoms with Crippen molar-refractivity contribution in [1.82, 2.24) is 9.71 Å². The second kappa shape index (κ2) is 5.64. The number of halogens is 2. The molecule has 0 spiro atoms. The van der Waals surface area contributed by atoms with Crippen molar-refractivity contribution in [2.45, 2.75) is 11.4 Å². The second-order valence-corrected chi connectivity index (χ2v) is 5.90. The molecule has 0 saturated carbocycles. The zero-order chi connectivity index (χ0) is 13.9. The molecule has 0 unspecified atom stereocenters. The molecule has 1 aromatic carbocycles. The number of aromatic nitrogens is 1. The maximum absolute atomic E-state index is 12.9. The molecule has 1 N–H and O–H groups in total. The van der Waals surface area contributed by atoms with E-state index in [-0.39, 0.29) is 16.5 Å². The van der Waals surface area contributed by atoms with Gasteiger partial charge in [0.25, 0.3) is 0 Å². The van der Waals surface area contributed by atoms with Gasteiger partial charge in [0.1, 0.15) is 10.7 Å². The van der Waals surface area contributed by atoms with Gasteiger partial charge >= 0.3 is 0 Å². The number of benzene rings is 1. The fraction of sp³-hybridized carbons (Fsp3) is 0.0833. The van der Waals surface area contributed by atoms with Crippen LogP contribution in [-0.4, -0.2) is 13.4 Å². The molecule has 0 saturated heterocycles. The Kier molecular flexibility index (Phi) is 4.14. The second-order valence-electron chi connectivity index (χ2n) is 3.76. The summed E-state index contributed by atoms with van der Waals surface area (Å²) in [4.78, 5) is 3.72. The van der Waals surface area contributed by atoms with E-state index in [1.807, 2.05) is 0 Å². The molecule has 7 heteroatoms. The first-order valence-corrected chi connectivity index (χ1v) is 7.19. The van der Waals surface area contributed by atoms with Gasteiger partial charge in [-0.25, -0.2) is 17.5 Å². The number of nitrogens with zero attached hydrogens (tertiary/aromatic N) is 1. The van der Waals surface area contributed by atoms with Crippen LogP contribution in [0.2, 0.25) is 5.02 Å². The lowest BCUT2D eigenvalue weighted by Gasteiger charge is -2.08. The van der Waals surface area contributed by atoms with Crippen LogP contribution >= 0.6 is 11.6 Å². The molecule has 19 heavy (non-hydrogen) atoms. The van der Waals surface area contributed by atoms with Crippen LogP contribution in [0.25, 0.3) is 0 Å². The number of pyridine rings is 1. The van der Waals surface area contributed by atoms with E-state index in [4.69, 9.17) is 11.6 Å². The zero-order valence-corrected chi connectivity index (χ0v) is 11.2. The minimum Gasteiger partial charge on any atom is -0.264 e. The van der Waals surface area contributed by atoms with Crippen LogP contribution in [0.15, 0.2) is 47.6 Å². The molecular formula is C12H10ClFN2O2S. The van der Waals surface area contributed by atoms with Crippen molar-refractivity contribution >= 4 is 21.6 Å². The predicted octanol–water partition coefficient (Wildman–Crippen LogP) is 2.35. The predicted molar refractivity (Wildman–Crippen MR) is 69.7 cm³/mol. The molecule has 1 heterocycles. The van der Waals surface area contributed by atoms with Crippen molar-refractivity contribution in [3.05, 3.63) is 59.1 Å². The molecule has 0 atom stereocenters. The molecule has 2 rings (SSSR count). The minimum absolute atomic E-state index is 0.0872. The Hall–Kier alpha value is -1.50. The van der Waals surface area contributed by atoms with E-state index in [0.717, 1.165) is 18.2 Å². The highest BCUT2D eigenvalue weighted by Crippen LogP contribution is 2.22. The Morgan fingerprint density at radius 1 is 1.32 bits per heavy atom. The summed E-state index contributed by atoms with van der Waals surface area (Å²) < 4.78 is 39.3. The van der Waals surface area contributed by atoms with Gasteiger partial charge in [-0.2, -0.15) is 0 Å². The number of nitrogens with one attached hydrogen (secondary N) is 1. The zero-order valence-electron chi connectivity index (χ0n) is 9.68. The molecular weight excluding hydrogens is 291 g/mol. The van der Waals surface area contributed by atoms with Crippen LogP contribution in [0.3, 0.4) is 0 Å². The quantitative estimate of drug-likeness (QED) is 0.943. The lowest BCUT2D eigenvalue weighted by Crippen LogP contribution is -2.23. The first-order chi connectivity index (χ1) is 8.99. The molecule has 100 valence electrons. The normalized spacial score (nSPS) is 11.5. The van der Waals surface area contributed by atoms with Crippen molar-refractivity contribution in [2.75, 3.05) is 0 Å². The van der Waals surface area contributed by atoms with Crippen LogP contribution in [0, 0.1) is 5.82 Å². The Bertz CT molecular complexity index is 677. The van der Waals surface area contributed by atoms with Gasteiger partial charge in [0.15, 0.2) is 0 Å². The van der Waals surface area contributed by atoms with Crippen LogP contribution < -0.4 is 4.72 Å². The van der Waals surface area contributed by atoms with Crippen LogP contribution in [0.1, 0.15) is 5.56 Å². The molecule has 4 nitrogen and oxygen atoms in total. The highest BCUT2D eigenvalue weighted by Gasteiger charge is 2.17. The van der Waals surface area contributed by atoms with Crippen molar-refractivity contribution in [3.63, 3.8) is 0 Å². The molecule has 2 aromatic rings. The van der Waals surface area contributed by atoms with E-state index in [1.54, 1.807) is 24.5 Å². The summed E-state index contributed by atoms with van der Waals surface area (Å²) in [5, 5.41) is -0.154. The monoisotopic (exact) mass is 300 g/mol. The van der Waals surface area contributed by atoms with Gasteiger partial charge in [0.2, 0.25) is 10.0 Å². The van der Waals surface area contributed by atoms with Gasteiger partial charge in [0.05, 0.1) is 5.02 Å². The Morgan fingerprint density at radius 3 is 2.74 bits per heavy atom. The maximum Gasteiger partial charge on any atom is 0.242 e. The van der Waals surface area contributed by atoms with Crippen molar-refractivity contribution in [3.8, 4) is 0 Å². The molecule has 0 aliphatic heterocycles. The highest BCUT2D eigenvalue weighted by molar-refractivity contribution is 7.89. The van der Waals surface area contributed by atoms with Crippen LogP contribution in [0.4, 0.5) is 4.39 Å². The van der Waals surface area contributed by atoms with E-state index in [9.17, 15) is 12.8 Å². The van der Waals surface area contributed by atoms with Gasteiger partial charge < -0.3 is 0 Å². The number of hydrogen-bond donors (Lipinski definition) is 1. The highest BCUT2D eigenvalue weighted by atomic mass is 35.5. The van der Waals surface area contributed by atoms with Gasteiger partial charge in [0, 0.05) is 18.9 Å². The summed E-state index contributed by atoms with van der Waals surface area (Å²) in [5.74, 6) is -0.587. The third kappa shape index (κ3) is 3.50. The van der Waals surface area contributed by atoms with E-state index >= 15 is 0 Å². The van der Waals surface area contributed by atoms with Crippen molar-refractivity contribution < 1.29 is 12.8 Å². The fourth-order valence-corrected chi connectivity index (χ4v) is 3.00. The number of sulfonamides is 1. The van der Waals surface area contributed by atoms with E-state index < -0.39 is 15.8 Å². The summed E-state index contributed by atoms with van der Waals surface area (Å²) in [6.07, 6.45) is 3.14. The first kappa shape index (κ1) is 13.9. The molecule has 0 fully saturated rings. The molecule has 0 bridgehead atoms. The maximum atomic E-state index is 12.9. The Labute approximate surface area is 115 Å². The van der Waals surface area contributed by atoms with Gasteiger partial charge in [-0.15, -0.1) is 0 Å². The van der Waals surface area contributed by atoms with Crippen molar-refractivity contribution in [1.29, 1.82) is 0 Å². The molecule has 0 radical (unpaired) electrons. The number of rotatable bonds is 4. The van der Waals surface area contributed by atoms with Gasteiger partial charge in [-0.3, -0.25) is 4.98 Å². The third-order valence-corrected chi connectivity index (χ3v) is 4.26. The SMILES string of the molecule is O=S(=O)(NCc1cccnc1)c1ccc(F)cc1Cl. The first-order valence-electron chi connectivity index (χ1n) is 5.33. The van der Waals surface area contributed by atoms with E-state index in [1.165, 1.54) is 0 Å². The summed E-state index contributed by atoms with van der Waals surface area (Å²) in [7, 11) is -3.78. The van der Waals surface area contributed by atoms with Gasteiger partial charge in [-0.05, 0) is 29.8 Å². The van der Waals surface area contributed by atoms with E-state index in [2.05, 4.69) is 9.71 Å². The summed E-state index contributed by atoms with van der Waals surface area (Å²) in [6, 6.07) is 6.57. The van der Waals surface area contributed by atoms with Gasteiger partial charge in [-0.1, -0.05) is 17.7 Å². The lowest BCUT2D eigenvalue weighted by atomic mass is 10.3. The molecule has 0 aliphatic carbocycles. The molecule has 1 aromatic heterocycles.